The van der Waals surface area contributed by atoms with E-state index in [-0.39, 0.29) is 12.2 Å². The number of nitrogens with one attached hydrogen (secondary N) is 1. The Hall–Kier alpha value is -1.25. The highest BCUT2D eigenvalue weighted by Gasteiger charge is 2.22. The van der Waals surface area contributed by atoms with Crippen molar-refractivity contribution in [1.82, 2.24) is 9.62 Å². The number of nitrogens with zero attached hydrogens (tertiary/aromatic N) is 1. The highest BCUT2D eigenvalue weighted by molar-refractivity contribution is 7.89. The highest BCUT2D eigenvalue weighted by atomic mass is 32.2. The van der Waals surface area contributed by atoms with Gasteiger partial charge in [-0.3, -0.25) is 0 Å². The molecular formula is C13H21F2N3O2S. The molecule has 0 aliphatic carbocycles. The Bertz CT molecular complexity index is 591. The highest BCUT2D eigenvalue weighted by Crippen LogP contribution is 2.20. The molecule has 0 heterocycles. The first-order chi connectivity index (χ1) is 9.65. The number of hydrogen-bond acceptors (Lipinski definition) is 4. The van der Waals surface area contributed by atoms with Crippen LogP contribution in [0.1, 0.15) is 20.3 Å². The largest absolute Gasteiger partial charge is 0.399 e. The molecule has 1 rings (SSSR count). The second-order valence-electron chi connectivity index (χ2n) is 5.14. The van der Waals surface area contributed by atoms with Crippen molar-refractivity contribution in [3.05, 3.63) is 23.8 Å². The van der Waals surface area contributed by atoms with Crippen LogP contribution in [0.2, 0.25) is 0 Å². The Morgan fingerprint density at radius 1 is 1.33 bits per heavy atom. The van der Waals surface area contributed by atoms with E-state index >= 15 is 0 Å². The summed E-state index contributed by atoms with van der Waals surface area (Å²) in [4.78, 5) is 1.28. The summed E-state index contributed by atoms with van der Waals surface area (Å²) < 4.78 is 52.9. The predicted molar refractivity (Wildman–Crippen MR) is 78.3 cm³/mol. The zero-order valence-corrected chi connectivity index (χ0v) is 13.2. The van der Waals surface area contributed by atoms with Gasteiger partial charge in [0.1, 0.15) is 4.90 Å². The number of rotatable bonds is 7. The minimum absolute atomic E-state index is 0.134. The molecule has 5 nitrogen and oxygen atoms in total. The maximum Gasteiger partial charge on any atom is 0.243 e. The number of nitrogens with two attached hydrogens (primary N) is 1. The van der Waals surface area contributed by atoms with Crippen molar-refractivity contribution < 1.29 is 17.2 Å². The van der Waals surface area contributed by atoms with Gasteiger partial charge in [-0.2, -0.15) is 0 Å². The number of nitrogen functional groups attached to an aromatic ring is 1. The van der Waals surface area contributed by atoms with Crippen molar-refractivity contribution in [2.45, 2.75) is 31.2 Å². The molecule has 0 amide bonds. The predicted octanol–water partition coefficient (Wildman–Crippen LogP) is 1.56. The molecule has 0 atom stereocenters. The molecule has 0 aliphatic rings. The van der Waals surface area contributed by atoms with E-state index in [0.29, 0.717) is 19.0 Å². The molecule has 0 radical (unpaired) electrons. The monoisotopic (exact) mass is 321 g/mol. The Morgan fingerprint density at radius 2 is 1.95 bits per heavy atom. The van der Waals surface area contributed by atoms with Crippen LogP contribution in [0.25, 0.3) is 0 Å². The lowest BCUT2D eigenvalue weighted by Crippen LogP contribution is -2.31. The third-order valence-electron chi connectivity index (χ3n) is 3.17. The van der Waals surface area contributed by atoms with Gasteiger partial charge in [-0.05, 0) is 46.0 Å². The fourth-order valence-electron chi connectivity index (χ4n) is 1.65. The van der Waals surface area contributed by atoms with Crippen LogP contribution in [0.15, 0.2) is 17.0 Å². The summed E-state index contributed by atoms with van der Waals surface area (Å²) in [6, 6.07) is 1.99. The van der Waals surface area contributed by atoms with Crippen molar-refractivity contribution in [2.75, 3.05) is 25.9 Å². The van der Waals surface area contributed by atoms with Crippen LogP contribution >= 0.6 is 0 Å². The van der Waals surface area contributed by atoms with Crippen molar-refractivity contribution in [2.24, 2.45) is 0 Å². The quantitative estimate of drug-likeness (QED) is 0.590. The van der Waals surface area contributed by atoms with Gasteiger partial charge in [0.25, 0.3) is 0 Å². The van der Waals surface area contributed by atoms with Gasteiger partial charge < -0.3 is 10.6 Å². The molecule has 1 aromatic rings. The van der Waals surface area contributed by atoms with E-state index in [1.54, 1.807) is 0 Å². The van der Waals surface area contributed by atoms with Crippen LogP contribution in [0.5, 0.6) is 0 Å². The van der Waals surface area contributed by atoms with Gasteiger partial charge >= 0.3 is 0 Å². The summed E-state index contributed by atoms with van der Waals surface area (Å²) >= 11 is 0. The molecule has 0 saturated heterocycles. The van der Waals surface area contributed by atoms with E-state index < -0.39 is 26.6 Å². The summed E-state index contributed by atoms with van der Waals surface area (Å²) in [5.74, 6) is -2.70. The molecule has 120 valence electrons. The summed E-state index contributed by atoms with van der Waals surface area (Å²) in [5.41, 5.74) is 5.20. The molecule has 0 bridgehead atoms. The first-order valence-corrected chi connectivity index (χ1v) is 8.08. The number of benzene rings is 1. The Kier molecular flexibility index (Phi) is 6.06. The van der Waals surface area contributed by atoms with Crippen LogP contribution in [-0.4, -0.2) is 39.5 Å². The SMILES string of the molecule is CC(C)N(C)CCCNS(=O)(=O)c1cc(N)cc(F)c1F. The third kappa shape index (κ3) is 4.90. The van der Waals surface area contributed by atoms with Crippen LogP contribution in [0, 0.1) is 11.6 Å². The molecule has 0 fully saturated rings. The topological polar surface area (TPSA) is 75.4 Å². The summed E-state index contributed by atoms with van der Waals surface area (Å²) in [6.45, 7) is 4.87. The summed E-state index contributed by atoms with van der Waals surface area (Å²) in [5, 5.41) is 0. The van der Waals surface area contributed by atoms with Gasteiger partial charge in [0.2, 0.25) is 10.0 Å². The van der Waals surface area contributed by atoms with E-state index in [4.69, 9.17) is 5.73 Å². The second-order valence-corrected chi connectivity index (χ2v) is 6.88. The summed E-state index contributed by atoms with van der Waals surface area (Å²) in [6.07, 6.45) is 0.556. The van der Waals surface area contributed by atoms with Gasteiger partial charge in [0.05, 0.1) is 0 Å². The number of halogens is 2. The van der Waals surface area contributed by atoms with Gasteiger partial charge in [0.15, 0.2) is 11.6 Å². The Morgan fingerprint density at radius 3 is 2.52 bits per heavy atom. The van der Waals surface area contributed by atoms with Gasteiger partial charge in [-0.25, -0.2) is 21.9 Å². The molecule has 0 aliphatic heterocycles. The van der Waals surface area contributed by atoms with E-state index in [2.05, 4.69) is 9.62 Å². The van der Waals surface area contributed by atoms with Crippen molar-refractivity contribution >= 4 is 15.7 Å². The van der Waals surface area contributed by atoms with E-state index in [0.717, 1.165) is 12.1 Å². The maximum absolute atomic E-state index is 13.6. The average molecular weight is 321 g/mol. The average Bonchev–Trinajstić information content (AvgIpc) is 2.38. The van der Waals surface area contributed by atoms with Crippen LogP contribution < -0.4 is 10.5 Å². The van der Waals surface area contributed by atoms with Crippen LogP contribution in [-0.2, 0) is 10.0 Å². The lowest BCUT2D eigenvalue weighted by molar-refractivity contribution is 0.271. The first kappa shape index (κ1) is 17.8. The zero-order valence-electron chi connectivity index (χ0n) is 12.4. The molecule has 0 aromatic heterocycles. The second kappa shape index (κ2) is 7.15. The molecule has 21 heavy (non-hydrogen) atoms. The van der Waals surface area contributed by atoms with Gasteiger partial charge in [-0.1, -0.05) is 0 Å². The number of anilines is 1. The molecular weight excluding hydrogens is 300 g/mol. The Balaban J connectivity index is 2.71. The molecule has 0 spiro atoms. The van der Waals surface area contributed by atoms with E-state index in [9.17, 15) is 17.2 Å². The molecule has 8 heteroatoms. The van der Waals surface area contributed by atoms with Gasteiger partial charge in [0, 0.05) is 18.3 Å². The smallest absolute Gasteiger partial charge is 0.243 e. The fraction of sp³-hybridized carbons (Fsp3) is 0.538. The lowest BCUT2D eigenvalue weighted by atomic mass is 10.3. The lowest BCUT2D eigenvalue weighted by Gasteiger charge is -2.20. The standard InChI is InChI=1S/C13H21F2N3O2S/c1-9(2)18(3)6-4-5-17-21(19,20)12-8-10(16)7-11(14)13(12)15/h7-9,17H,4-6,16H2,1-3H3. The fourth-order valence-corrected chi connectivity index (χ4v) is 2.84. The maximum atomic E-state index is 13.6. The zero-order chi connectivity index (χ0) is 16.2. The minimum Gasteiger partial charge on any atom is -0.399 e. The molecule has 1 aromatic carbocycles. The van der Waals surface area contributed by atoms with Crippen molar-refractivity contribution in [3.8, 4) is 0 Å². The molecule has 3 N–H and O–H groups in total. The number of sulfonamides is 1. The van der Waals surface area contributed by atoms with Crippen LogP contribution in [0.4, 0.5) is 14.5 Å². The van der Waals surface area contributed by atoms with Crippen molar-refractivity contribution in [3.63, 3.8) is 0 Å². The van der Waals surface area contributed by atoms with E-state index in [1.807, 2.05) is 20.9 Å². The molecule has 0 unspecified atom stereocenters. The third-order valence-corrected chi connectivity index (χ3v) is 4.63. The first-order valence-electron chi connectivity index (χ1n) is 6.59. The normalized spacial score (nSPS) is 12.3. The van der Waals surface area contributed by atoms with E-state index in [1.165, 1.54) is 0 Å². The van der Waals surface area contributed by atoms with Gasteiger partial charge in [-0.15, -0.1) is 0 Å². The summed E-state index contributed by atoms with van der Waals surface area (Å²) in [7, 11) is -2.19. The number of hydrogen-bond donors (Lipinski definition) is 2. The Labute approximate surface area is 124 Å². The molecule has 0 saturated carbocycles. The van der Waals surface area contributed by atoms with Crippen LogP contribution in [0.3, 0.4) is 0 Å². The van der Waals surface area contributed by atoms with Crippen molar-refractivity contribution in [1.29, 1.82) is 0 Å². The minimum atomic E-state index is -4.12.